The zero-order chi connectivity index (χ0) is 22.7. The van der Waals surface area contributed by atoms with E-state index in [-0.39, 0.29) is 42.7 Å². The lowest BCUT2D eigenvalue weighted by Crippen LogP contribution is -2.48. The topological polar surface area (TPSA) is 49.9 Å². The molecule has 32 heavy (non-hydrogen) atoms. The van der Waals surface area contributed by atoms with E-state index in [0.29, 0.717) is 24.8 Å². The molecule has 1 fully saturated rings. The van der Waals surface area contributed by atoms with Crippen molar-refractivity contribution in [2.45, 2.75) is 45.6 Å². The minimum atomic E-state index is -0.352. The third-order valence-corrected chi connectivity index (χ3v) is 7.16. The number of halogens is 1. The number of thiophene rings is 1. The van der Waals surface area contributed by atoms with Gasteiger partial charge >= 0.3 is 0 Å². The van der Waals surface area contributed by atoms with E-state index in [4.69, 9.17) is 4.74 Å². The van der Waals surface area contributed by atoms with E-state index >= 15 is 0 Å². The average molecular weight is 459 g/mol. The normalized spacial score (nSPS) is 17.9. The van der Waals surface area contributed by atoms with Gasteiger partial charge in [-0.1, -0.05) is 19.9 Å². The first kappa shape index (κ1) is 22.8. The highest BCUT2D eigenvalue weighted by Crippen LogP contribution is 2.35. The van der Waals surface area contributed by atoms with Gasteiger partial charge in [0.2, 0.25) is 11.8 Å². The van der Waals surface area contributed by atoms with Crippen LogP contribution in [0.3, 0.4) is 0 Å². The molecule has 0 saturated heterocycles. The zero-order valence-electron chi connectivity index (χ0n) is 18.8. The molecule has 172 valence electrons. The summed E-state index contributed by atoms with van der Waals surface area (Å²) in [5.74, 6) is 0.714. The lowest BCUT2D eigenvalue weighted by atomic mass is 10.00. The van der Waals surface area contributed by atoms with Crippen LogP contribution in [0.5, 0.6) is 5.75 Å². The van der Waals surface area contributed by atoms with Gasteiger partial charge in [-0.25, -0.2) is 4.39 Å². The molecule has 2 amide bonds. The highest BCUT2D eigenvalue weighted by molar-refractivity contribution is 7.10. The molecule has 1 aromatic carbocycles. The van der Waals surface area contributed by atoms with Crippen molar-refractivity contribution in [2.24, 2.45) is 11.8 Å². The summed E-state index contributed by atoms with van der Waals surface area (Å²) in [5.41, 5.74) is 1.09. The summed E-state index contributed by atoms with van der Waals surface area (Å²) in [6.45, 7) is 5.83. The SMILES string of the molecule is CC(C)CCN(CC(=O)N1CCc2sccc2[C@@H]1COc1cccc(F)c1)C(=O)C1CC1. The molecular formula is C25H31FN2O3S. The fourth-order valence-electron chi connectivity index (χ4n) is 4.13. The fraction of sp³-hybridized carbons (Fsp3) is 0.520. The molecule has 4 rings (SSSR count). The van der Waals surface area contributed by atoms with Crippen LogP contribution in [0.4, 0.5) is 4.39 Å². The first-order valence-corrected chi connectivity index (χ1v) is 12.3. The molecule has 1 aliphatic carbocycles. The van der Waals surface area contributed by atoms with Gasteiger partial charge in [-0.05, 0) is 60.7 Å². The number of ether oxygens (including phenoxy) is 1. The summed E-state index contributed by atoms with van der Waals surface area (Å²) in [6.07, 6.45) is 3.54. The monoisotopic (exact) mass is 458 g/mol. The standard InChI is InChI=1S/C25H31FN2O3S/c1-17(2)8-11-27(25(30)18-6-7-18)15-24(29)28-12-9-23-21(10-13-32-23)22(28)16-31-20-5-3-4-19(26)14-20/h3-5,10,13-14,17-18,22H,6-9,11-12,15-16H2,1-2H3/t22-/m0/s1. The number of fused-ring (bicyclic) bond motifs is 1. The van der Waals surface area contributed by atoms with Crippen LogP contribution in [0.1, 0.15) is 49.6 Å². The molecule has 2 aromatic rings. The van der Waals surface area contributed by atoms with Crippen LogP contribution >= 0.6 is 11.3 Å². The molecule has 1 saturated carbocycles. The van der Waals surface area contributed by atoms with Crippen LogP contribution in [-0.4, -0.2) is 47.9 Å². The molecule has 0 spiro atoms. The predicted octanol–water partition coefficient (Wildman–Crippen LogP) is 4.68. The summed E-state index contributed by atoms with van der Waals surface area (Å²) >= 11 is 1.69. The molecule has 0 radical (unpaired) electrons. The third kappa shape index (κ3) is 5.49. The number of carbonyl (C=O) groups excluding carboxylic acids is 2. The van der Waals surface area contributed by atoms with Crippen LogP contribution in [0.2, 0.25) is 0 Å². The number of hydrogen-bond acceptors (Lipinski definition) is 4. The van der Waals surface area contributed by atoms with Gasteiger partial charge in [0.15, 0.2) is 0 Å². The Hall–Kier alpha value is -2.41. The second-order valence-electron chi connectivity index (χ2n) is 9.14. The van der Waals surface area contributed by atoms with Crippen molar-refractivity contribution in [1.82, 2.24) is 9.80 Å². The van der Waals surface area contributed by atoms with Crippen LogP contribution in [0.25, 0.3) is 0 Å². The number of rotatable bonds is 9. The Morgan fingerprint density at radius 1 is 1.28 bits per heavy atom. The van der Waals surface area contributed by atoms with Gasteiger partial charge in [-0.15, -0.1) is 11.3 Å². The van der Waals surface area contributed by atoms with Gasteiger partial charge < -0.3 is 14.5 Å². The first-order valence-electron chi connectivity index (χ1n) is 11.4. The van der Waals surface area contributed by atoms with E-state index in [1.54, 1.807) is 28.4 Å². The smallest absolute Gasteiger partial charge is 0.242 e. The lowest BCUT2D eigenvalue weighted by Gasteiger charge is -2.37. The second-order valence-corrected chi connectivity index (χ2v) is 10.1. The second kappa shape index (κ2) is 10.0. The van der Waals surface area contributed by atoms with Crippen molar-refractivity contribution in [3.63, 3.8) is 0 Å². The van der Waals surface area contributed by atoms with E-state index in [2.05, 4.69) is 13.8 Å². The van der Waals surface area contributed by atoms with Gasteiger partial charge in [0.25, 0.3) is 0 Å². The van der Waals surface area contributed by atoms with E-state index < -0.39 is 0 Å². The molecule has 0 N–H and O–H groups in total. The third-order valence-electron chi connectivity index (χ3n) is 6.16. The minimum Gasteiger partial charge on any atom is -0.491 e. The highest BCUT2D eigenvalue weighted by atomic mass is 32.1. The van der Waals surface area contributed by atoms with Crippen molar-refractivity contribution in [1.29, 1.82) is 0 Å². The van der Waals surface area contributed by atoms with Crippen molar-refractivity contribution in [3.05, 3.63) is 52.0 Å². The fourth-order valence-corrected chi connectivity index (χ4v) is 5.06. The minimum absolute atomic E-state index is 0.0487. The largest absolute Gasteiger partial charge is 0.491 e. The maximum absolute atomic E-state index is 13.6. The molecular weight excluding hydrogens is 427 g/mol. The van der Waals surface area contributed by atoms with Gasteiger partial charge in [0.05, 0.1) is 12.6 Å². The molecule has 1 aromatic heterocycles. The molecule has 5 nitrogen and oxygen atoms in total. The molecule has 7 heteroatoms. The summed E-state index contributed by atoms with van der Waals surface area (Å²) in [7, 11) is 0. The summed E-state index contributed by atoms with van der Waals surface area (Å²) in [5, 5.41) is 2.04. The van der Waals surface area contributed by atoms with E-state index in [0.717, 1.165) is 31.2 Å². The van der Waals surface area contributed by atoms with Gasteiger partial charge in [-0.2, -0.15) is 0 Å². The van der Waals surface area contributed by atoms with Crippen LogP contribution < -0.4 is 4.74 Å². The van der Waals surface area contributed by atoms with Crippen molar-refractivity contribution in [3.8, 4) is 5.75 Å². The van der Waals surface area contributed by atoms with Crippen molar-refractivity contribution < 1.29 is 18.7 Å². The van der Waals surface area contributed by atoms with E-state index in [1.165, 1.54) is 17.0 Å². The number of amides is 2. The lowest BCUT2D eigenvalue weighted by molar-refractivity contribution is -0.143. The Morgan fingerprint density at radius 3 is 2.81 bits per heavy atom. The molecule has 1 aliphatic heterocycles. The molecule has 0 bridgehead atoms. The van der Waals surface area contributed by atoms with Gasteiger partial charge in [-0.3, -0.25) is 9.59 Å². The molecule has 2 aliphatic rings. The van der Waals surface area contributed by atoms with Crippen LogP contribution in [0, 0.1) is 17.7 Å². The Labute approximate surface area is 193 Å². The van der Waals surface area contributed by atoms with Crippen LogP contribution in [-0.2, 0) is 16.0 Å². The first-order chi connectivity index (χ1) is 15.4. The number of benzene rings is 1. The Kier molecular flexibility index (Phi) is 7.13. The molecule has 0 unspecified atom stereocenters. The highest BCUT2D eigenvalue weighted by Gasteiger charge is 2.37. The summed E-state index contributed by atoms with van der Waals surface area (Å²) < 4.78 is 19.5. The summed E-state index contributed by atoms with van der Waals surface area (Å²) in [4.78, 5) is 31.1. The Balaban J connectivity index is 1.48. The number of nitrogens with zero attached hydrogens (tertiary/aromatic N) is 2. The van der Waals surface area contributed by atoms with Crippen molar-refractivity contribution >= 4 is 23.2 Å². The van der Waals surface area contributed by atoms with E-state index in [1.807, 2.05) is 16.3 Å². The van der Waals surface area contributed by atoms with Crippen LogP contribution in [0.15, 0.2) is 35.7 Å². The Morgan fingerprint density at radius 2 is 2.09 bits per heavy atom. The predicted molar refractivity (Wildman–Crippen MR) is 123 cm³/mol. The molecule has 1 atom stereocenters. The van der Waals surface area contributed by atoms with E-state index in [9.17, 15) is 14.0 Å². The summed E-state index contributed by atoms with van der Waals surface area (Å²) in [6, 6.07) is 7.86. The van der Waals surface area contributed by atoms with Crippen molar-refractivity contribution in [2.75, 3.05) is 26.2 Å². The Bertz CT molecular complexity index is 956. The maximum atomic E-state index is 13.6. The molecule has 2 heterocycles. The van der Waals surface area contributed by atoms with Gasteiger partial charge in [0, 0.05) is 30.0 Å². The maximum Gasteiger partial charge on any atom is 0.242 e. The zero-order valence-corrected chi connectivity index (χ0v) is 19.6. The average Bonchev–Trinajstić information content (AvgIpc) is 3.51. The number of hydrogen-bond donors (Lipinski definition) is 0. The van der Waals surface area contributed by atoms with Gasteiger partial charge in [0.1, 0.15) is 18.2 Å². The number of carbonyl (C=O) groups is 2. The quantitative estimate of drug-likeness (QED) is 0.548.